The molecule has 0 unspecified atom stereocenters. The predicted octanol–water partition coefficient (Wildman–Crippen LogP) is 4.74. The van der Waals surface area contributed by atoms with Gasteiger partial charge in [-0.25, -0.2) is 4.98 Å². The van der Waals surface area contributed by atoms with E-state index in [-0.39, 0.29) is 17.8 Å². The number of nitrogens with zero attached hydrogens (tertiary/aromatic N) is 2. The SMILES string of the molecule is Cc1cc(C)c(Nc2cc(C(F)(F)F)nc(NC3CC3)n2)c(C)c1. The maximum absolute atomic E-state index is 13.1. The number of alkyl halides is 3. The Balaban J connectivity index is 1.97. The van der Waals surface area contributed by atoms with E-state index in [9.17, 15) is 13.2 Å². The van der Waals surface area contributed by atoms with Crippen LogP contribution < -0.4 is 10.6 Å². The third-order valence-corrected chi connectivity index (χ3v) is 3.86. The zero-order valence-corrected chi connectivity index (χ0v) is 13.8. The van der Waals surface area contributed by atoms with Crippen molar-refractivity contribution in [3.8, 4) is 0 Å². The molecular formula is C17H19F3N4. The van der Waals surface area contributed by atoms with Crippen LogP contribution in [0.15, 0.2) is 18.2 Å². The third kappa shape index (κ3) is 3.77. The largest absolute Gasteiger partial charge is 0.433 e. The van der Waals surface area contributed by atoms with Gasteiger partial charge in [-0.3, -0.25) is 0 Å². The number of anilines is 3. The lowest BCUT2D eigenvalue weighted by atomic mass is 10.1. The van der Waals surface area contributed by atoms with E-state index >= 15 is 0 Å². The summed E-state index contributed by atoms with van der Waals surface area (Å²) in [4.78, 5) is 7.79. The fourth-order valence-electron chi connectivity index (χ4n) is 2.64. The van der Waals surface area contributed by atoms with Crippen molar-refractivity contribution in [2.24, 2.45) is 0 Å². The summed E-state index contributed by atoms with van der Waals surface area (Å²) >= 11 is 0. The highest BCUT2D eigenvalue weighted by Crippen LogP contribution is 2.33. The summed E-state index contributed by atoms with van der Waals surface area (Å²) in [7, 11) is 0. The Morgan fingerprint density at radius 2 is 1.62 bits per heavy atom. The lowest BCUT2D eigenvalue weighted by Crippen LogP contribution is -2.14. The number of aromatic nitrogens is 2. The molecule has 2 N–H and O–H groups in total. The summed E-state index contributed by atoms with van der Waals surface area (Å²) in [6.07, 6.45) is -2.66. The first-order chi connectivity index (χ1) is 11.2. The maximum atomic E-state index is 13.1. The van der Waals surface area contributed by atoms with Gasteiger partial charge < -0.3 is 10.6 Å². The monoisotopic (exact) mass is 336 g/mol. The topological polar surface area (TPSA) is 49.8 Å². The van der Waals surface area contributed by atoms with Crippen molar-refractivity contribution in [1.82, 2.24) is 9.97 Å². The van der Waals surface area contributed by atoms with Crippen molar-refractivity contribution in [2.75, 3.05) is 10.6 Å². The molecule has 0 aliphatic heterocycles. The van der Waals surface area contributed by atoms with Crippen molar-refractivity contribution in [3.05, 3.63) is 40.6 Å². The van der Waals surface area contributed by atoms with E-state index in [1.165, 1.54) is 0 Å². The first kappa shape index (κ1) is 16.5. The van der Waals surface area contributed by atoms with Crippen LogP contribution in [0.1, 0.15) is 35.2 Å². The molecule has 0 spiro atoms. The highest BCUT2D eigenvalue weighted by Gasteiger charge is 2.34. The smallest absolute Gasteiger partial charge is 0.351 e. The summed E-state index contributed by atoms with van der Waals surface area (Å²) in [5.74, 6) is 0.146. The number of halogens is 3. The van der Waals surface area contributed by atoms with E-state index in [2.05, 4.69) is 20.6 Å². The highest BCUT2D eigenvalue weighted by molar-refractivity contribution is 5.66. The minimum absolute atomic E-state index is 0.0113. The van der Waals surface area contributed by atoms with Crippen LogP contribution >= 0.6 is 0 Å². The molecule has 0 saturated heterocycles. The van der Waals surface area contributed by atoms with Gasteiger partial charge in [0.15, 0.2) is 5.69 Å². The van der Waals surface area contributed by atoms with Crippen molar-refractivity contribution in [2.45, 2.75) is 45.8 Å². The second-order valence-corrected chi connectivity index (χ2v) is 6.28. The van der Waals surface area contributed by atoms with Crippen LogP contribution in [0.3, 0.4) is 0 Å². The summed E-state index contributed by atoms with van der Waals surface area (Å²) in [5, 5.41) is 5.95. The van der Waals surface area contributed by atoms with E-state index < -0.39 is 11.9 Å². The van der Waals surface area contributed by atoms with Crippen LogP contribution in [0.4, 0.5) is 30.6 Å². The van der Waals surface area contributed by atoms with Crippen LogP contribution in [-0.4, -0.2) is 16.0 Å². The van der Waals surface area contributed by atoms with E-state index in [1.807, 2.05) is 32.9 Å². The Morgan fingerprint density at radius 3 is 2.17 bits per heavy atom. The molecule has 0 amide bonds. The molecule has 2 aromatic rings. The molecule has 1 heterocycles. The Morgan fingerprint density at radius 1 is 1.00 bits per heavy atom. The van der Waals surface area contributed by atoms with Gasteiger partial charge >= 0.3 is 6.18 Å². The first-order valence-electron chi connectivity index (χ1n) is 7.80. The minimum atomic E-state index is -4.52. The molecule has 24 heavy (non-hydrogen) atoms. The standard InChI is InChI=1S/C17H19F3N4/c1-9-6-10(2)15(11(3)7-9)23-14-8-13(17(18,19)20)22-16(24-14)21-12-4-5-12/h6-8,12H,4-5H2,1-3H3,(H2,21,22,23,24). The summed E-state index contributed by atoms with van der Waals surface area (Å²) < 4.78 is 39.3. The number of hydrogen-bond acceptors (Lipinski definition) is 4. The third-order valence-electron chi connectivity index (χ3n) is 3.86. The van der Waals surface area contributed by atoms with Gasteiger partial charge in [0.2, 0.25) is 5.95 Å². The Labute approximate surface area is 138 Å². The predicted molar refractivity (Wildman–Crippen MR) is 87.6 cm³/mol. The fraction of sp³-hybridized carbons (Fsp3) is 0.412. The van der Waals surface area contributed by atoms with Crippen LogP contribution in [0, 0.1) is 20.8 Å². The average Bonchev–Trinajstić information content (AvgIpc) is 3.25. The number of benzene rings is 1. The molecule has 1 fully saturated rings. The fourth-order valence-corrected chi connectivity index (χ4v) is 2.64. The summed E-state index contributed by atoms with van der Waals surface area (Å²) in [6.45, 7) is 5.81. The van der Waals surface area contributed by atoms with E-state index in [1.54, 1.807) is 0 Å². The van der Waals surface area contributed by atoms with E-state index in [0.717, 1.165) is 41.3 Å². The molecule has 1 aliphatic carbocycles. The quantitative estimate of drug-likeness (QED) is 0.847. The molecule has 1 aliphatic rings. The summed E-state index contributed by atoms with van der Waals surface area (Å²) in [6, 6.07) is 5.07. The zero-order valence-electron chi connectivity index (χ0n) is 13.8. The second kappa shape index (κ2) is 5.96. The Bertz CT molecular complexity index is 744. The summed E-state index contributed by atoms with van der Waals surface area (Å²) in [5.41, 5.74) is 2.83. The number of nitrogens with one attached hydrogen (secondary N) is 2. The van der Waals surface area contributed by atoms with Crippen LogP contribution in [0.25, 0.3) is 0 Å². The number of hydrogen-bond donors (Lipinski definition) is 2. The van der Waals surface area contributed by atoms with Gasteiger partial charge in [-0.05, 0) is 44.7 Å². The molecule has 0 radical (unpaired) electrons. The first-order valence-corrected chi connectivity index (χ1v) is 7.80. The lowest BCUT2D eigenvalue weighted by molar-refractivity contribution is -0.141. The van der Waals surface area contributed by atoms with Gasteiger partial charge in [0.05, 0.1) is 0 Å². The minimum Gasteiger partial charge on any atom is -0.351 e. The molecule has 128 valence electrons. The molecule has 1 aromatic carbocycles. The molecular weight excluding hydrogens is 317 g/mol. The van der Waals surface area contributed by atoms with Crippen LogP contribution in [0.2, 0.25) is 0 Å². The molecule has 1 aromatic heterocycles. The van der Waals surface area contributed by atoms with Gasteiger partial charge in [0.1, 0.15) is 5.82 Å². The van der Waals surface area contributed by atoms with Crippen molar-refractivity contribution < 1.29 is 13.2 Å². The van der Waals surface area contributed by atoms with Gasteiger partial charge in [-0.2, -0.15) is 18.2 Å². The lowest BCUT2D eigenvalue weighted by Gasteiger charge is -2.16. The van der Waals surface area contributed by atoms with E-state index in [0.29, 0.717) is 0 Å². The second-order valence-electron chi connectivity index (χ2n) is 6.28. The highest BCUT2D eigenvalue weighted by atomic mass is 19.4. The van der Waals surface area contributed by atoms with Crippen LogP contribution in [0.5, 0.6) is 0 Å². The zero-order chi connectivity index (χ0) is 17.5. The van der Waals surface area contributed by atoms with Crippen LogP contribution in [-0.2, 0) is 6.18 Å². The van der Waals surface area contributed by atoms with Gasteiger partial charge in [-0.1, -0.05) is 17.7 Å². The molecule has 0 bridgehead atoms. The molecule has 7 heteroatoms. The Hall–Kier alpha value is -2.31. The Kier molecular flexibility index (Phi) is 4.11. The van der Waals surface area contributed by atoms with Gasteiger partial charge in [0.25, 0.3) is 0 Å². The van der Waals surface area contributed by atoms with Gasteiger partial charge in [0, 0.05) is 17.8 Å². The molecule has 4 nitrogen and oxygen atoms in total. The number of rotatable bonds is 4. The van der Waals surface area contributed by atoms with Crippen molar-refractivity contribution in [3.63, 3.8) is 0 Å². The normalized spacial score (nSPS) is 14.6. The van der Waals surface area contributed by atoms with Crippen molar-refractivity contribution in [1.29, 1.82) is 0 Å². The van der Waals surface area contributed by atoms with E-state index in [4.69, 9.17) is 0 Å². The molecule has 0 atom stereocenters. The average molecular weight is 336 g/mol. The number of aryl methyl sites for hydroxylation is 3. The molecule has 3 rings (SSSR count). The molecule has 1 saturated carbocycles. The van der Waals surface area contributed by atoms with Crippen molar-refractivity contribution >= 4 is 17.5 Å². The van der Waals surface area contributed by atoms with Gasteiger partial charge in [-0.15, -0.1) is 0 Å². The maximum Gasteiger partial charge on any atom is 0.433 e.